The Morgan fingerprint density at radius 1 is 1.14 bits per heavy atom. The summed E-state index contributed by atoms with van der Waals surface area (Å²) in [6, 6.07) is 9.90. The van der Waals surface area contributed by atoms with Crippen molar-refractivity contribution in [1.82, 2.24) is 19.7 Å². The van der Waals surface area contributed by atoms with Crippen LogP contribution < -0.4 is 14.2 Å². The zero-order valence-corrected chi connectivity index (χ0v) is 22.7. The normalized spacial score (nSPS) is 15.8. The number of anilines is 1. The van der Waals surface area contributed by atoms with Gasteiger partial charge in [0.1, 0.15) is 23.0 Å². The Hall–Kier alpha value is -2.82. The molecule has 0 aliphatic carbocycles. The Balaban J connectivity index is 0.000000840. The molecule has 196 valence electrons. The number of ether oxygens (including phenoxy) is 3. The van der Waals surface area contributed by atoms with Crippen LogP contribution in [0, 0.1) is 6.92 Å². The van der Waals surface area contributed by atoms with E-state index in [1.807, 2.05) is 35.9 Å². The second-order valence-electron chi connectivity index (χ2n) is 8.94. The molecule has 1 aliphatic heterocycles. The van der Waals surface area contributed by atoms with Crippen molar-refractivity contribution in [3.8, 4) is 17.2 Å². The topological polar surface area (TPSA) is 104 Å². The van der Waals surface area contributed by atoms with Crippen LogP contribution in [0.1, 0.15) is 50.2 Å². The molecule has 9 nitrogen and oxygen atoms in total. The number of nitrogens with zero attached hydrogens (tertiary/aromatic N) is 4. The molecule has 0 amide bonds. The molecule has 0 spiro atoms. The Kier molecular flexibility index (Phi) is 10.4. The van der Waals surface area contributed by atoms with Crippen LogP contribution in [0.5, 0.6) is 11.5 Å². The number of rotatable bonds is 9. The van der Waals surface area contributed by atoms with Gasteiger partial charge >= 0.3 is 0 Å². The van der Waals surface area contributed by atoms with Crippen molar-refractivity contribution in [2.45, 2.75) is 57.8 Å². The third kappa shape index (κ3) is 7.35. The molecule has 1 aliphatic rings. The number of hydrogen-bond acceptors (Lipinski definition) is 9. The van der Waals surface area contributed by atoms with E-state index in [9.17, 15) is 0 Å². The van der Waals surface area contributed by atoms with Gasteiger partial charge in [0.25, 0.3) is 0 Å². The molecule has 1 fully saturated rings. The lowest BCUT2D eigenvalue weighted by Crippen LogP contribution is -2.13. The largest absolute Gasteiger partial charge is 0.494 e. The molecule has 1 aromatic carbocycles. The predicted molar refractivity (Wildman–Crippen MR) is 143 cm³/mol. The number of hydrogen-bond donors (Lipinski definition) is 2. The number of aromatic nitrogens is 4. The number of aliphatic hydroxyl groups is 1. The highest BCUT2D eigenvalue weighted by Crippen LogP contribution is 2.38. The van der Waals surface area contributed by atoms with Crippen LogP contribution in [0.2, 0.25) is 0 Å². The van der Waals surface area contributed by atoms with Crippen LogP contribution in [0.4, 0.5) is 5.95 Å². The third-order valence-electron chi connectivity index (χ3n) is 5.43. The summed E-state index contributed by atoms with van der Waals surface area (Å²) in [5, 5.41) is 17.3. The molecule has 0 bridgehead atoms. The average molecular weight is 516 g/mol. The Morgan fingerprint density at radius 2 is 1.83 bits per heavy atom. The van der Waals surface area contributed by atoms with Crippen molar-refractivity contribution in [3.05, 3.63) is 53.6 Å². The van der Waals surface area contributed by atoms with Gasteiger partial charge in [0.2, 0.25) is 5.95 Å². The summed E-state index contributed by atoms with van der Waals surface area (Å²) < 4.78 is 22.4. The van der Waals surface area contributed by atoms with Crippen molar-refractivity contribution in [2.24, 2.45) is 0 Å². The lowest BCUT2D eigenvalue weighted by molar-refractivity contribution is 0.193. The van der Waals surface area contributed by atoms with E-state index in [1.165, 1.54) is 0 Å². The maximum Gasteiger partial charge on any atom is 0.239 e. The predicted octanol–water partition coefficient (Wildman–Crippen LogP) is 4.57. The number of aliphatic hydroxyl groups excluding tert-OH is 1. The van der Waals surface area contributed by atoms with E-state index in [1.54, 1.807) is 40.0 Å². The summed E-state index contributed by atoms with van der Waals surface area (Å²) >= 11 is 1.59. The summed E-state index contributed by atoms with van der Waals surface area (Å²) in [7, 11) is 3.30. The number of pyridine rings is 1. The quantitative estimate of drug-likeness (QED) is 0.397. The number of benzene rings is 1. The van der Waals surface area contributed by atoms with Crippen molar-refractivity contribution in [2.75, 3.05) is 32.2 Å². The molecule has 2 N–H and O–H groups in total. The highest BCUT2D eigenvalue weighted by Gasteiger charge is 2.29. The summed E-state index contributed by atoms with van der Waals surface area (Å²) in [5.74, 6) is 3.00. The first-order chi connectivity index (χ1) is 17.3. The van der Waals surface area contributed by atoms with Crippen LogP contribution in [0.15, 0.2) is 36.5 Å². The molecule has 0 saturated carbocycles. The molecule has 0 radical (unpaired) electrons. The molecule has 36 heavy (non-hydrogen) atoms. The molecule has 2 atom stereocenters. The zero-order valence-electron chi connectivity index (χ0n) is 21.9. The van der Waals surface area contributed by atoms with E-state index in [0.717, 1.165) is 42.2 Å². The second-order valence-corrected chi connectivity index (χ2v) is 10.2. The molecule has 3 heterocycles. The third-order valence-corrected chi connectivity index (χ3v) is 6.30. The van der Waals surface area contributed by atoms with Crippen LogP contribution in [0.3, 0.4) is 0 Å². The molecule has 1 saturated heterocycles. The van der Waals surface area contributed by atoms with Crippen molar-refractivity contribution in [1.29, 1.82) is 0 Å². The smallest absolute Gasteiger partial charge is 0.239 e. The van der Waals surface area contributed by atoms with E-state index in [-0.39, 0.29) is 17.3 Å². The fourth-order valence-electron chi connectivity index (χ4n) is 3.75. The lowest BCUT2D eigenvalue weighted by Gasteiger charge is -2.19. The van der Waals surface area contributed by atoms with Crippen molar-refractivity contribution < 1.29 is 19.3 Å². The summed E-state index contributed by atoms with van der Waals surface area (Å²) in [5.41, 5.74) is 3.00. The highest BCUT2D eigenvalue weighted by molar-refractivity contribution is 8.01. The van der Waals surface area contributed by atoms with Gasteiger partial charge in [-0.2, -0.15) is 0 Å². The molecular weight excluding hydrogens is 478 g/mol. The van der Waals surface area contributed by atoms with E-state index >= 15 is 0 Å². The van der Waals surface area contributed by atoms with Gasteiger partial charge in [0, 0.05) is 42.2 Å². The van der Waals surface area contributed by atoms with Gasteiger partial charge in [-0.15, -0.1) is 10.2 Å². The zero-order chi connectivity index (χ0) is 26.1. The first-order valence-corrected chi connectivity index (χ1v) is 13.0. The van der Waals surface area contributed by atoms with Gasteiger partial charge in [-0.3, -0.25) is 14.3 Å². The SMILES string of the molecule is CC(C)O.COc1cccc(OC)c1-n1c(NSC(C)Cc2ccc(C)cn2)nnc1C1CCOC1. The maximum absolute atomic E-state index is 8.06. The molecule has 10 heteroatoms. The fraction of sp³-hybridized carbons (Fsp3) is 0.500. The first kappa shape index (κ1) is 27.8. The van der Waals surface area contributed by atoms with Crippen LogP contribution >= 0.6 is 11.9 Å². The van der Waals surface area contributed by atoms with E-state index < -0.39 is 0 Å². The fourth-order valence-corrected chi connectivity index (χ4v) is 4.44. The number of methoxy groups -OCH3 is 2. The molecule has 4 rings (SSSR count). The minimum Gasteiger partial charge on any atom is -0.494 e. The monoisotopic (exact) mass is 515 g/mol. The average Bonchev–Trinajstić information content (AvgIpc) is 3.53. The highest BCUT2D eigenvalue weighted by atomic mass is 32.2. The minimum atomic E-state index is -0.167. The number of para-hydroxylation sites is 1. The summed E-state index contributed by atoms with van der Waals surface area (Å²) in [6.07, 6.45) is 3.48. The number of aryl methyl sites for hydroxylation is 1. The first-order valence-electron chi connectivity index (χ1n) is 12.1. The van der Waals surface area contributed by atoms with Crippen LogP contribution in [-0.4, -0.2) is 63.6 Å². The van der Waals surface area contributed by atoms with Gasteiger partial charge in [-0.05, 0) is 62.9 Å². The lowest BCUT2D eigenvalue weighted by atomic mass is 10.1. The van der Waals surface area contributed by atoms with Crippen LogP contribution in [0.25, 0.3) is 5.69 Å². The van der Waals surface area contributed by atoms with E-state index in [4.69, 9.17) is 19.3 Å². The molecule has 2 unspecified atom stereocenters. The number of nitrogens with one attached hydrogen (secondary N) is 1. The maximum atomic E-state index is 8.06. The van der Waals surface area contributed by atoms with E-state index in [0.29, 0.717) is 24.1 Å². The standard InChI is InChI=1S/C23H29N5O3S.C3H8O/c1-15-8-9-18(24-13-15)12-16(2)32-27-23-26-25-22(17-10-11-31-14-17)28(23)21-19(29-3)6-5-7-20(21)30-4;1-3(2)4/h5-9,13,16-17H,10-12,14H2,1-4H3,(H,26,27);3-4H,1-2H3. The second kappa shape index (κ2) is 13.5. The van der Waals surface area contributed by atoms with Gasteiger partial charge < -0.3 is 19.3 Å². The van der Waals surface area contributed by atoms with Gasteiger partial charge in [0.15, 0.2) is 0 Å². The minimum absolute atomic E-state index is 0.159. The van der Waals surface area contributed by atoms with Gasteiger partial charge in [-0.1, -0.05) is 19.1 Å². The van der Waals surface area contributed by atoms with Gasteiger partial charge in [0.05, 0.1) is 20.8 Å². The Morgan fingerprint density at radius 3 is 2.39 bits per heavy atom. The summed E-state index contributed by atoms with van der Waals surface area (Å²) in [4.78, 5) is 4.52. The molecular formula is C26H37N5O4S. The summed E-state index contributed by atoms with van der Waals surface area (Å²) in [6.45, 7) is 8.99. The molecule has 2 aromatic heterocycles. The Labute approximate surface area is 217 Å². The van der Waals surface area contributed by atoms with E-state index in [2.05, 4.69) is 39.0 Å². The Bertz CT molecular complexity index is 1060. The van der Waals surface area contributed by atoms with Crippen molar-refractivity contribution >= 4 is 17.9 Å². The van der Waals surface area contributed by atoms with Crippen LogP contribution in [-0.2, 0) is 11.2 Å². The molecule has 3 aromatic rings. The van der Waals surface area contributed by atoms with Gasteiger partial charge in [-0.25, -0.2) is 0 Å². The van der Waals surface area contributed by atoms with Crippen molar-refractivity contribution in [3.63, 3.8) is 0 Å².